The molecule has 2 N–H and O–H groups in total. The molecule has 0 aliphatic carbocycles. The number of benzene rings is 1. The lowest BCUT2D eigenvalue weighted by atomic mass is 9.75. The summed E-state index contributed by atoms with van der Waals surface area (Å²) in [6.45, 7) is 0.582. The summed E-state index contributed by atoms with van der Waals surface area (Å²) in [6.07, 6.45) is 13.8. The Morgan fingerprint density at radius 2 is 1.94 bits per heavy atom. The number of carboxylic acids is 1. The second-order valence-electron chi connectivity index (χ2n) is 9.19. The lowest BCUT2D eigenvalue weighted by Gasteiger charge is -2.26. The number of oxazole rings is 1. The number of unbranched alkanes of at least 4 members (excludes halogenated alkanes) is 3. The third kappa shape index (κ3) is 5.68. The number of nitrogens with one attached hydrogen (secondary N) is 1. The number of carboxylic acid groups (broad SMARTS) is 1. The van der Waals surface area contributed by atoms with Gasteiger partial charge in [0.05, 0.1) is 18.1 Å². The lowest BCUT2D eigenvalue weighted by Crippen LogP contribution is -2.28. The van der Waals surface area contributed by atoms with Gasteiger partial charge in [-0.3, -0.25) is 9.59 Å². The number of amides is 1. The number of carbonyl (C=O) groups is 2. The predicted octanol–water partition coefficient (Wildman–Crippen LogP) is 4.12. The molecule has 0 unspecified atom stereocenters. The van der Waals surface area contributed by atoms with Crippen LogP contribution in [0.15, 0.2) is 34.9 Å². The SMILES string of the molecule is C#CCCCCCNC(=O)c1coc([C@H]2[C@@H](Cc3ccccc3CCC(=O)O)[C@@H]3CC[C@H]2O3)n1. The highest BCUT2D eigenvalue weighted by Gasteiger charge is 2.51. The van der Waals surface area contributed by atoms with Crippen LogP contribution in [0.5, 0.6) is 0 Å². The van der Waals surface area contributed by atoms with E-state index >= 15 is 0 Å². The van der Waals surface area contributed by atoms with Crippen molar-refractivity contribution < 1.29 is 23.8 Å². The lowest BCUT2D eigenvalue weighted by molar-refractivity contribution is -0.136. The number of nitrogens with zero attached hydrogens (tertiary/aromatic N) is 1. The van der Waals surface area contributed by atoms with Crippen molar-refractivity contribution in [2.24, 2.45) is 5.92 Å². The van der Waals surface area contributed by atoms with Gasteiger partial charge in [0, 0.05) is 25.3 Å². The van der Waals surface area contributed by atoms with Gasteiger partial charge in [-0.25, -0.2) is 4.98 Å². The molecule has 0 radical (unpaired) electrons. The van der Waals surface area contributed by atoms with Gasteiger partial charge in [0.2, 0.25) is 5.89 Å². The summed E-state index contributed by atoms with van der Waals surface area (Å²) in [7, 11) is 0. The Balaban J connectivity index is 1.41. The molecule has 1 aromatic heterocycles. The van der Waals surface area contributed by atoms with Crippen molar-refractivity contribution in [3.63, 3.8) is 0 Å². The Hall–Kier alpha value is -3.11. The van der Waals surface area contributed by atoms with E-state index in [0.717, 1.165) is 56.1 Å². The molecule has 0 saturated carbocycles. The smallest absolute Gasteiger partial charge is 0.303 e. The molecular formula is C27H32N2O5. The molecular weight excluding hydrogens is 432 g/mol. The topological polar surface area (TPSA) is 102 Å². The zero-order valence-electron chi connectivity index (χ0n) is 19.4. The van der Waals surface area contributed by atoms with Crippen LogP contribution in [0.25, 0.3) is 0 Å². The van der Waals surface area contributed by atoms with Crippen LogP contribution < -0.4 is 5.32 Å². The summed E-state index contributed by atoms with van der Waals surface area (Å²) in [4.78, 5) is 28.1. The molecule has 2 aliphatic rings. The van der Waals surface area contributed by atoms with Crippen molar-refractivity contribution in [1.29, 1.82) is 0 Å². The molecule has 0 spiro atoms. The van der Waals surface area contributed by atoms with Crippen molar-refractivity contribution >= 4 is 11.9 Å². The fraction of sp³-hybridized carbons (Fsp3) is 0.519. The minimum absolute atomic E-state index is 0.0170. The van der Waals surface area contributed by atoms with Gasteiger partial charge in [0.25, 0.3) is 5.91 Å². The molecule has 4 atom stereocenters. The molecule has 34 heavy (non-hydrogen) atoms. The molecule has 2 aliphatic heterocycles. The minimum Gasteiger partial charge on any atom is -0.481 e. The number of hydrogen-bond acceptors (Lipinski definition) is 5. The zero-order chi connectivity index (χ0) is 23.9. The summed E-state index contributed by atoms with van der Waals surface area (Å²) in [5.41, 5.74) is 2.49. The summed E-state index contributed by atoms with van der Waals surface area (Å²) >= 11 is 0. The largest absolute Gasteiger partial charge is 0.481 e. The zero-order valence-corrected chi connectivity index (χ0v) is 19.4. The first-order valence-corrected chi connectivity index (χ1v) is 12.2. The van der Waals surface area contributed by atoms with Crippen LogP contribution in [-0.4, -0.2) is 40.7 Å². The average Bonchev–Trinajstić information content (AvgIpc) is 3.57. The molecule has 1 aromatic carbocycles. The molecule has 4 rings (SSSR count). The van der Waals surface area contributed by atoms with Crippen LogP contribution in [0.1, 0.15) is 78.4 Å². The van der Waals surface area contributed by atoms with Crippen LogP contribution in [0.4, 0.5) is 0 Å². The number of carbonyl (C=O) groups excluding carboxylic acids is 1. The number of rotatable bonds is 12. The van der Waals surface area contributed by atoms with Gasteiger partial charge in [-0.05, 0) is 49.7 Å². The van der Waals surface area contributed by atoms with Crippen molar-refractivity contribution in [2.75, 3.05) is 6.54 Å². The predicted molar refractivity (Wildman–Crippen MR) is 126 cm³/mol. The number of fused-ring (bicyclic) bond motifs is 2. The Kier molecular flexibility index (Phi) is 8.02. The van der Waals surface area contributed by atoms with E-state index in [2.05, 4.69) is 22.3 Å². The van der Waals surface area contributed by atoms with Gasteiger partial charge in [-0.2, -0.15) is 0 Å². The fourth-order valence-electron chi connectivity index (χ4n) is 5.24. The van der Waals surface area contributed by atoms with Gasteiger partial charge in [0.1, 0.15) is 6.26 Å². The van der Waals surface area contributed by atoms with Gasteiger partial charge in [-0.1, -0.05) is 30.7 Å². The van der Waals surface area contributed by atoms with E-state index in [-0.39, 0.29) is 36.4 Å². The number of aliphatic carboxylic acids is 1. The minimum atomic E-state index is -0.797. The van der Waals surface area contributed by atoms with Gasteiger partial charge < -0.3 is 19.6 Å². The fourth-order valence-corrected chi connectivity index (χ4v) is 5.24. The van der Waals surface area contributed by atoms with Gasteiger partial charge in [0.15, 0.2) is 5.69 Å². The monoisotopic (exact) mass is 464 g/mol. The van der Waals surface area contributed by atoms with E-state index in [1.807, 2.05) is 18.2 Å². The molecule has 1 amide bonds. The van der Waals surface area contributed by atoms with E-state index in [0.29, 0.717) is 24.6 Å². The van der Waals surface area contributed by atoms with Crippen molar-refractivity contribution in [1.82, 2.24) is 10.3 Å². The second-order valence-corrected chi connectivity index (χ2v) is 9.19. The number of terminal acetylenes is 1. The maximum Gasteiger partial charge on any atom is 0.303 e. The standard InChI is InChI=1S/C27H32N2O5/c1-2-3-4-5-8-15-28-26(32)21-17-33-27(29-21)25-20(22-12-13-23(25)34-22)16-19-10-7-6-9-18(19)11-14-24(30)31/h1,6-7,9-10,17,20,22-23,25H,3-5,8,11-16H2,(H,28,32)(H,30,31)/t20-,22-,23+,25-/m0/s1. The molecule has 2 fully saturated rings. The van der Waals surface area contributed by atoms with Crippen molar-refractivity contribution in [2.45, 2.75) is 75.9 Å². The maximum atomic E-state index is 12.5. The number of aromatic nitrogens is 1. The number of hydrogen-bond donors (Lipinski definition) is 2. The van der Waals surface area contributed by atoms with E-state index in [1.54, 1.807) is 0 Å². The van der Waals surface area contributed by atoms with E-state index in [1.165, 1.54) is 6.26 Å². The van der Waals surface area contributed by atoms with Crippen LogP contribution in [-0.2, 0) is 22.4 Å². The Bertz CT molecular complexity index is 1040. The molecule has 3 heterocycles. The third-order valence-corrected chi connectivity index (χ3v) is 6.93. The quantitative estimate of drug-likeness (QED) is 0.362. The summed E-state index contributed by atoms with van der Waals surface area (Å²) in [6, 6.07) is 8.01. The maximum absolute atomic E-state index is 12.5. The molecule has 2 bridgehead atoms. The van der Waals surface area contributed by atoms with Crippen LogP contribution in [0.2, 0.25) is 0 Å². The third-order valence-electron chi connectivity index (χ3n) is 6.93. The van der Waals surface area contributed by atoms with Gasteiger partial charge in [-0.15, -0.1) is 12.3 Å². The van der Waals surface area contributed by atoms with E-state index in [9.17, 15) is 9.59 Å². The van der Waals surface area contributed by atoms with Crippen LogP contribution in [0.3, 0.4) is 0 Å². The van der Waals surface area contributed by atoms with Crippen LogP contribution >= 0.6 is 0 Å². The van der Waals surface area contributed by atoms with Crippen molar-refractivity contribution in [3.8, 4) is 12.3 Å². The Labute approximate surface area is 200 Å². The Morgan fingerprint density at radius 3 is 2.74 bits per heavy atom. The van der Waals surface area contributed by atoms with E-state index < -0.39 is 5.97 Å². The summed E-state index contributed by atoms with van der Waals surface area (Å²) in [5.74, 6) is 2.31. The normalized spacial score (nSPS) is 23.0. The second kappa shape index (κ2) is 11.3. The first-order chi connectivity index (χ1) is 16.6. The first kappa shape index (κ1) is 24.0. The first-order valence-electron chi connectivity index (χ1n) is 12.2. The molecule has 7 nitrogen and oxygen atoms in total. The van der Waals surface area contributed by atoms with Crippen LogP contribution in [0, 0.1) is 18.3 Å². The molecule has 2 saturated heterocycles. The summed E-state index contributed by atoms with van der Waals surface area (Å²) in [5, 5.41) is 12.0. The highest BCUT2D eigenvalue weighted by molar-refractivity contribution is 5.91. The average molecular weight is 465 g/mol. The van der Waals surface area contributed by atoms with Crippen molar-refractivity contribution in [3.05, 3.63) is 53.2 Å². The van der Waals surface area contributed by atoms with E-state index in [4.69, 9.17) is 20.7 Å². The number of aryl methyl sites for hydroxylation is 1. The highest BCUT2D eigenvalue weighted by Crippen LogP contribution is 2.49. The van der Waals surface area contributed by atoms with Gasteiger partial charge >= 0.3 is 5.97 Å². The number of ether oxygens (including phenoxy) is 1. The molecule has 2 aromatic rings. The summed E-state index contributed by atoms with van der Waals surface area (Å²) < 4.78 is 12.0. The Morgan fingerprint density at radius 1 is 1.15 bits per heavy atom. The highest BCUT2D eigenvalue weighted by atomic mass is 16.5. The molecule has 7 heteroatoms. The molecule has 180 valence electrons.